The first-order valence-electron chi connectivity index (χ1n) is 15.5. The van der Waals surface area contributed by atoms with Crippen LogP contribution in [-0.4, -0.2) is 39.1 Å². The van der Waals surface area contributed by atoms with Crippen LogP contribution in [0, 0.1) is 24.2 Å². The lowest BCUT2D eigenvalue weighted by Gasteiger charge is -2.32. The van der Waals surface area contributed by atoms with E-state index < -0.39 is 35.1 Å². The quantitative estimate of drug-likeness (QED) is 0.268. The number of para-hydroxylation sites is 1. The molecule has 0 saturated heterocycles. The number of carbonyl (C=O) groups is 2. The van der Waals surface area contributed by atoms with Crippen molar-refractivity contribution in [3.8, 4) is 17.3 Å². The molecule has 2 aromatic heterocycles. The highest BCUT2D eigenvalue weighted by Gasteiger charge is 2.61. The third kappa shape index (κ3) is 4.57. The maximum Gasteiger partial charge on any atom is 0.249 e. The number of anilines is 1. The van der Waals surface area contributed by atoms with Gasteiger partial charge in [-0.05, 0) is 47.9 Å². The molecule has 2 unspecified atom stereocenters. The maximum absolute atomic E-state index is 14.1. The van der Waals surface area contributed by atoms with Gasteiger partial charge in [0.25, 0.3) is 0 Å². The van der Waals surface area contributed by atoms with Gasteiger partial charge in [-0.2, -0.15) is 0 Å². The minimum atomic E-state index is -1.16. The molecule has 0 radical (unpaired) electrons. The molecule has 3 N–H and O–H groups in total. The topological polar surface area (TPSA) is 140 Å². The Balaban J connectivity index is 1.50. The number of amides is 1. The number of aliphatic hydroxyl groups excluding tert-OH is 1. The number of benzene rings is 2. The van der Waals surface area contributed by atoms with E-state index in [1.807, 2.05) is 64.1 Å². The highest BCUT2D eigenvalue weighted by atomic mass is 16.5. The Labute approximate surface area is 261 Å². The van der Waals surface area contributed by atoms with Crippen LogP contribution in [0.4, 0.5) is 5.69 Å². The zero-order valence-corrected chi connectivity index (χ0v) is 26.3. The highest BCUT2D eigenvalue weighted by Crippen LogP contribution is 2.59. The Bertz CT molecular complexity index is 1820. The Morgan fingerprint density at radius 2 is 1.89 bits per heavy atom. The number of carbonyl (C=O) groups excluding carboxylic acids is 2. The molecular weight excluding hydrogens is 572 g/mol. The SMILES string of the molecule is Cc1coc(-c2nc3oc2C24c5ccccc5N[C@H]2Oc2ccc(cc24)CC(CC(=O)[C@@H](O)C(C)C)C(=O)N[C@H]3C(C)(C)C)n1. The third-order valence-electron chi connectivity index (χ3n) is 9.23. The number of Topliss-reactive ketones (excluding diaryl/α,β-unsaturated/α-hetero) is 1. The molecule has 0 aliphatic carbocycles. The third-order valence-corrected chi connectivity index (χ3v) is 9.23. The number of aromatic nitrogens is 2. The first kappa shape index (κ1) is 29.3. The summed E-state index contributed by atoms with van der Waals surface area (Å²) in [6.07, 6.45) is 0.0500. The highest BCUT2D eigenvalue weighted by molar-refractivity contribution is 5.89. The number of nitrogens with one attached hydrogen (secondary N) is 2. The molecule has 4 aromatic rings. The summed E-state index contributed by atoms with van der Waals surface area (Å²) in [6.45, 7) is 11.4. The van der Waals surface area contributed by atoms with E-state index >= 15 is 0 Å². The second kappa shape index (κ2) is 10.3. The molecule has 0 saturated carbocycles. The predicted molar refractivity (Wildman–Crippen MR) is 166 cm³/mol. The molecule has 0 fully saturated rings. The average molecular weight is 611 g/mol. The van der Waals surface area contributed by atoms with Crippen molar-refractivity contribution >= 4 is 17.4 Å². The summed E-state index contributed by atoms with van der Waals surface area (Å²) in [5.74, 6) is 0.111. The standard InChI is InChI=1S/C35H38N4O6/c1-17(2)27(41)24(40)15-20-13-19-11-12-25-22(14-19)35(21-9-7-8-10-23(21)37-33(35)44-25)29-26(31-36-18(3)16-43-31)38-32(45-29)28(34(4,5)6)39-30(20)42/h7-12,14,16-17,20,27-28,33,37,41H,13,15H2,1-6H3,(H,39,42)/t20?,27-,28+,33-,35?/m0/s1. The first-order valence-corrected chi connectivity index (χ1v) is 15.5. The Kier molecular flexibility index (Phi) is 6.70. The number of hydrogen-bond acceptors (Lipinski definition) is 9. The molecule has 5 heterocycles. The Morgan fingerprint density at radius 1 is 1.11 bits per heavy atom. The van der Waals surface area contributed by atoms with Gasteiger partial charge in [-0.25, -0.2) is 9.97 Å². The summed E-state index contributed by atoms with van der Waals surface area (Å²) >= 11 is 0. The summed E-state index contributed by atoms with van der Waals surface area (Å²) < 4.78 is 19.4. The van der Waals surface area contributed by atoms with E-state index in [2.05, 4.69) is 21.7 Å². The predicted octanol–water partition coefficient (Wildman–Crippen LogP) is 5.47. The van der Waals surface area contributed by atoms with Gasteiger partial charge in [0, 0.05) is 23.6 Å². The van der Waals surface area contributed by atoms with Crippen LogP contribution in [0.25, 0.3) is 11.6 Å². The largest absolute Gasteiger partial charge is 0.469 e. The summed E-state index contributed by atoms with van der Waals surface area (Å²) in [5, 5.41) is 17.3. The van der Waals surface area contributed by atoms with Crippen molar-refractivity contribution in [2.75, 3.05) is 5.32 Å². The number of ether oxygens (including phenoxy) is 1. The molecule has 2 aromatic carbocycles. The van der Waals surface area contributed by atoms with Crippen LogP contribution in [0.2, 0.25) is 0 Å². The lowest BCUT2D eigenvalue weighted by molar-refractivity contribution is -0.135. The minimum Gasteiger partial charge on any atom is -0.469 e. The Hall–Kier alpha value is -4.44. The number of fused-ring (bicyclic) bond motifs is 4. The average Bonchev–Trinajstić information content (AvgIpc) is 3.74. The first-order chi connectivity index (χ1) is 21.4. The molecule has 45 heavy (non-hydrogen) atoms. The fourth-order valence-electron chi connectivity index (χ4n) is 6.87. The van der Waals surface area contributed by atoms with Crippen LogP contribution >= 0.6 is 0 Å². The number of rotatable bonds is 5. The van der Waals surface area contributed by atoms with E-state index in [-0.39, 0.29) is 24.0 Å². The summed E-state index contributed by atoms with van der Waals surface area (Å²) in [4.78, 5) is 36.9. The molecular formula is C35H38N4O6. The zero-order valence-electron chi connectivity index (χ0n) is 26.3. The fourth-order valence-corrected chi connectivity index (χ4v) is 6.87. The van der Waals surface area contributed by atoms with E-state index in [9.17, 15) is 14.7 Å². The second-order valence-electron chi connectivity index (χ2n) is 13.9. The van der Waals surface area contributed by atoms with Gasteiger partial charge in [0.2, 0.25) is 17.7 Å². The minimum absolute atomic E-state index is 0.106. The number of ketones is 1. The van der Waals surface area contributed by atoms with Crippen molar-refractivity contribution in [1.82, 2.24) is 15.3 Å². The monoisotopic (exact) mass is 610 g/mol. The van der Waals surface area contributed by atoms with Crippen LogP contribution in [0.1, 0.15) is 81.1 Å². The summed E-state index contributed by atoms with van der Waals surface area (Å²) in [6, 6.07) is 13.2. The van der Waals surface area contributed by atoms with Crippen LogP contribution in [0.5, 0.6) is 5.75 Å². The smallest absolute Gasteiger partial charge is 0.249 e. The van der Waals surface area contributed by atoms with Crippen LogP contribution in [0.3, 0.4) is 0 Å². The van der Waals surface area contributed by atoms with E-state index in [0.29, 0.717) is 41.1 Å². The van der Waals surface area contributed by atoms with Crippen LogP contribution < -0.4 is 15.4 Å². The van der Waals surface area contributed by atoms with Crippen LogP contribution in [-0.2, 0) is 21.4 Å². The normalized spacial score (nSPS) is 24.1. The zero-order chi connectivity index (χ0) is 31.8. The molecule has 1 amide bonds. The van der Waals surface area contributed by atoms with Crippen molar-refractivity contribution in [3.05, 3.63) is 82.8 Å². The van der Waals surface area contributed by atoms with E-state index in [1.165, 1.54) is 0 Å². The van der Waals surface area contributed by atoms with Gasteiger partial charge >= 0.3 is 0 Å². The molecule has 10 nitrogen and oxygen atoms in total. The molecule has 234 valence electrons. The van der Waals surface area contributed by atoms with Gasteiger partial charge in [0.05, 0.1) is 5.69 Å². The summed E-state index contributed by atoms with van der Waals surface area (Å²) in [5.41, 5.74) is 3.20. The van der Waals surface area contributed by atoms with Gasteiger partial charge < -0.3 is 29.3 Å². The molecule has 7 rings (SSSR count). The van der Waals surface area contributed by atoms with Gasteiger partial charge in [-0.15, -0.1) is 0 Å². The fraction of sp³-hybridized carbons (Fsp3) is 0.429. The molecule has 3 aliphatic heterocycles. The molecule has 3 aliphatic rings. The second-order valence-corrected chi connectivity index (χ2v) is 13.9. The lowest BCUT2D eigenvalue weighted by atomic mass is 9.72. The van der Waals surface area contributed by atoms with Gasteiger partial charge in [-0.1, -0.05) is 65.0 Å². The van der Waals surface area contributed by atoms with Crippen molar-refractivity contribution in [1.29, 1.82) is 0 Å². The number of aryl methyl sites for hydroxylation is 1. The van der Waals surface area contributed by atoms with Crippen molar-refractivity contribution in [3.63, 3.8) is 0 Å². The number of aliphatic hydroxyl groups is 1. The summed E-state index contributed by atoms with van der Waals surface area (Å²) in [7, 11) is 0. The molecule has 4 bridgehead atoms. The lowest BCUT2D eigenvalue weighted by Crippen LogP contribution is -2.42. The van der Waals surface area contributed by atoms with E-state index in [4.69, 9.17) is 18.6 Å². The Morgan fingerprint density at radius 3 is 2.60 bits per heavy atom. The van der Waals surface area contributed by atoms with Gasteiger partial charge in [0.15, 0.2) is 23.5 Å². The van der Waals surface area contributed by atoms with Gasteiger partial charge in [-0.3, -0.25) is 9.59 Å². The molecule has 5 atom stereocenters. The number of hydrogen-bond donors (Lipinski definition) is 3. The maximum atomic E-state index is 14.1. The van der Waals surface area contributed by atoms with E-state index in [0.717, 1.165) is 22.4 Å². The number of oxazole rings is 2. The van der Waals surface area contributed by atoms with Crippen molar-refractivity contribution in [2.45, 2.75) is 78.2 Å². The van der Waals surface area contributed by atoms with Gasteiger partial charge in [0.1, 0.15) is 29.6 Å². The number of nitrogens with zero attached hydrogens (tertiary/aromatic N) is 2. The van der Waals surface area contributed by atoms with Crippen molar-refractivity contribution < 1.29 is 28.3 Å². The molecule has 1 spiro atoms. The van der Waals surface area contributed by atoms with Crippen LogP contribution in [0.15, 0.2) is 57.6 Å². The van der Waals surface area contributed by atoms with Crippen molar-refractivity contribution in [2.24, 2.45) is 17.3 Å². The van der Waals surface area contributed by atoms with E-state index in [1.54, 1.807) is 20.1 Å². The molecule has 10 heteroatoms.